The highest BCUT2D eigenvalue weighted by Crippen LogP contribution is 2.40. The number of ether oxygens (including phenoxy) is 2. The first-order valence-corrected chi connectivity index (χ1v) is 11.4. The third-order valence-electron chi connectivity index (χ3n) is 5.91. The quantitative estimate of drug-likeness (QED) is 0.341. The number of nitriles is 1. The van der Waals surface area contributed by atoms with E-state index in [1.54, 1.807) is 18.2 Å². The maximum atomic E-state index is 15.1. The van der Waals surface area contributed by atoms with Crippen molar-refractivity contribution < 1.29 is 13.9 Å². The van der Waals surface area contributed by atoms with E-state index >= 15 is 4.39 Å². The van der Waals surface area contributed by atoms with Gasteiger partial charge in [-0.05, 0) is 24.6 Å². The molecule has 5 rings (SSSR count). The molecule has 2 aromatic heterocycles. The summed E-state index contributed by atoms with van der Waals surface area (Å²) in [5, 5.41) is 18.1. The highest BCUT2D eigenvalue weighted by atomic mass is 35.5. The Labute approximate surface area is 210 Å². The van der Waals surface area contributed by atoms with E-state index in [-0.39, 0.29) is 15.6 Å². The normalized spacial score (nSPS) is 13.9. The number of pyridine rings is 1. The molecule has 3 heterocycles. The molecule has 8 nitrogen and oxygen atoms in total. The number of hydrogen-bond donors (Lipinski definition) is 2. The number of anilines is 1. The summed E-state index contributed by atoms with van der Waals surface area (Å²) in [6.45, 7) is 1.45. The standard InChI is InChI=1S/C24H19Cl2FN6O2/c1-34-19-8-18-14(7-20(19)35-24(29)21-15(25)10-30-11-16(21)26)22(32-31-18)12-5-13(9-28)23(17(27)6-12)33-3-2-4-33/h5-8,10-11,24H,2-4,29H2,1H3,(H,31,32)/t24-/m0/s1. The predicted octanol–water partition coefficient (Wildman–Crippen LogP) is 5.20. The average Bonchev–Trinajstić information content (AvgIpc) is 3.21. The number of aromatic amines is 1. The molecular formula is C24H19Cl2FN6O2. The Morgan fingerprint density at radius 3 is 2.54 bits per heavy atom. The second kappa shape index (κ2) is 9.23. The van der Waals surface area contributed by atoms with Crippen LogP contribution < -0.4 is 20.1 Å². The van der Waals surface area contributed by atoms with Gasteiger partial charge in [-0.3, -0.25) is 15.8 Å². The Morgan fingerprint density at radius 1 is 1.17 bits per heavy atom. The predicted molar refractivity (Wildman–Crippen MR) is 131 cm³/mol. The van der Waals surface area contributed by atoms with E-state index in [9.17, 15) is 5.26 Å². The van der Waals surface area contributed by atoms with Crippen molar-refractivity contribution in [3.8, 4) is 28.8 Å². The number of rotatable bonds is 6. The molecule has 0 bridgehead atoms. The van der Waals surface area contributed by atoms with Crippen molar-refractivity contribution in [3.05, 3.63) is 63.6 Å². The van der Waals surface area contributed by atoms with Gasteiger partial charge < -0.3 is 14.4 Å². The van der Waals surface area contributed by atoms with Gasteiger partial charge in [-0.25, -0.2) is 4.39 Å². The zero-order valence-electron chi connectivity index (χ0n) is 18.5. The summed E-state index contributed by atoms with van der Waals surface area (Å²) >= 11 is 12.4. The zero-order chi connectivity index (χ0) is 24.7. The van der Waals surface area contributed by atoms with Crippen molar-refractivity contribution >= 4 is 39.8 Å². The van der Waals surface area contributed by atoms with Gasteiger partial charge >= 0.3 is 0 Å². The molecule has 0 amide bonds. The first kappa shape index (κ1) is 23.2. The minimum Gasteiger partial charge on any atom is -0.493 e. The molecular weight excluding hydrogens is 494 g/mol. The molecule has 0 saturated carbocycles. The van der Waals surface area contributed by atoms with Gasteiger partial charge in [0.1, 0.15) is 17.6 Å². The van der Waals surface area contributed by atoms with E-state index in [1.807, 2.05) is 4.90 Å². The van der Waals surface area contributed by atoms with Crippen molar-refractivity contribution in [2.75, 3.05) is 25.1 Å². The summed E-state index contributed by atoms with van der Waals surface area (Å²) < 4.78 is 26.5. The lowest BCUT2D eigenvalue weighted by molar-refractivity contribution is 0.204. The number of aromatic nitrogens is 3. The monoisotopic (exact) mass is 512 g/mol. The molecule has 4 aromatic rings. The first-order valence-electron chi connectivity index (χ1n) is 10.7. The molecule has 2 aromatic carbocycles. The van der Waals surface area contributed by atoms with E-state index in [2.05, 4.69) is 21.3 Å². The summed E-state index contributed by atoms with van der Waals surface area (Å²) in [6, 6.07) is 8.51. The Balaban J connectivity index is 1.58. The molecule has 1 aliphatic rings. The summed E-state index contributed by atoms with van der Waals surface area (Å²) in [7, 11) is 1.49. The molecule has 0 unspecified atom stereocenters. The van der Waals surface area contributed by atoms with Crippen LogP contribution >= 0.6 is 23.2 Å². The molecule has 0 radical (unpaired) electrons. The van der Waals surface area contributed by atoms with E-state index in [4.69, 9.17) is 38.4 Å². The lowest BCUT2D eigenvalue weighted by atomic mass is 10.0. The van der Waals surface area contributed by atoms with Crippen LogP contribution in [0.3, 0.4) is 0 Å². The molecule has 178 valence electrons. The lowest BCUT2D eigenvalue weighted by Gasteiger charge is -2.34. The fraction of sp³-hybridized carbons (Fsp3) is 0.208. The highest BCUT2D eigenvalue weighted by molar-refractivity contribution is 6.35. The largest absolute Gasteiger partial charge is 0.493 e. The molecule has 35 heavy (non-hydrogen) atoms. The number of nitrogens with one attached hydrogen (secondary N) is 1. The molecule has 0 aliphatic carbocycles. The van der Waals surface area contributed by atoms with Crippen molar-refractivity contribution in [1.82, 2.24) is 15.2 Å². The fourth-order valence-electron chi connectivity index (χ4n) is 4.07. The number of H-pyrrole nitrogens is 1. The lowest BCUT2D eigenvalue weighted by Crippen LogP contribution is -2.38. The second-order valence-corrected chi connectivity index (χ2v) is 8.80. The van der Waals surface area contributed by atoms with Crippen molar-refractivity contribution in [2.45, 2.75) is 12.6 Å². The van der Waals surface area contributed by atoms with Crippen molar-refractivity contribution in [1.29, 1.82) is 5.26 Å². The Morgan fingerprint density at radius 2 is 1.91 bits per heavy atom. The Hall–Kier alpha value is -3.58. The van der Waals surface area contributed by atoms with Gasteiger partial charge in [-0.15, -0.1) is 0 Å². The number of benzene rings is 2. The van der Waals surface area contributed by atoms with Gasteiger partial charge in [0, 0.05) is 48.1 Å². The van der Waals surface area contributed by atoms with Gasteiger partial charge in [0.2, 0.25) is 0 Å². The second-order valence-electron chi connectivity index (χ2n) is 7.98. The van der Waals surface area contributed by atoms with Crippen LogP contribution in [0.1, 0.15) is 23.8 Å². The van der Waals surface area contributed by atoms with Crippen molar-refractivity contribution in [3.63, 3.8) is 0 Å². The zero-order valence-corrected chi connectivity index (χ0v) is 20.0. The van der Waals surface area contributed by atoms with Crippen LogP contribution in [0.15, 0.2) is 36.7 Å². The van der Waals surface area contributed by atoms with Crippen molar-refractivity contribution in [2.24, 2.45) is 5.73 Å². The molecule has 1 saturated heterocycles. The summed E-state index contributed by atoms with van der Waals surface area (Å²) in [4.78, 5) is 5.78. The molecule has 11 heteroatoms. The molecule has 3 N–H and O–H groups in total. The van der Waals surface area contributed by atoms with Crippen LogP contribution in [0, 0.1) is 17.1 Å². The maximum Gasteiger partial charge on any atom is 0.177 e. The number of methoxy groups -OCH3 is 1. The highest BCUT2D eigenvalue weighted by Gasteiger charge is 2.25. The number of hydrogen-bond acceptors (Lipinski definition) is 7. The van der Waals surface area contributed by atoms with Crippen LogP contribution in [-0.4, -0.2) is 35.4 Å². The average molecular weight is 513 g/mol. The molecule has 1 aliphatic heterocycles. The van der Waals surface area contributed by atoms with Crippen LogP contribution in [-0.2, 0) is 0 Å². The van der Waals surface area contributed by atoms with Gasteiger partial charge in [0.25, 0.3) is 0 Å². The van der Waals surface area contributed by atoms with Gasteiger partial charge in [0.05, 0.1) is 33.9 Å². The van der Waals surface area contributed by atoms with Crippen LogP contribution in [0.4, 0.5) is 10.1 Å². The number of nitrogens with zero attached hydrogens (tertiary/aromatic N) is 4. The van der Waals surface area contributed by atoms with E-state index < -0.39 is 12.0 Å². The minimum absolute atomic E-state index is 0.254. The van der Waals surface area contributed by atoms with Crippen LogP contribution in [0.25, 0.3) is 22.2 Å². The summed E-state index contributed by atoms with van der Waals surface area (Å²) in [5.41, 5.74) is 8.74. The topological polar surface area (TPSA) is 113 Å². The number of nitrogens with two attached hydrogens (primary N) is 1. The van der Waals surface area contributed by atoms with Gasteiger partial charge in [-0.1, -0.05) is 23.2 Å². The third-order valence-corrected chi connectivity index (χ3v) is 6.51. The smallest absolute Gasteiger partial charge is 0.177 e. The van der Waals surface area contributed by atoms with E-state index in [0.717, 1.165) is 19.5 Å². The van der Waals surface area contributed by atoms with Crippen LogP contribution in [0.5, 0.6) is 11.5 Å². The number of fused-ring (bicyclic) bond motifs is 1. The summed E-state index contributed by atoms with van der Waals surface area (Å²) in [6.07, 6.45) is 2.80. The third kappa shape index (κ3) is 4.10. The fourth-order valence-corrected chi connectivity index (χ4v) is 4.65. The molecule has 0 spiro atoms. The van der Waals surface area contributed by atoms with E-state index in [0.29, 0.717) is 44.9 Å². The Kier molecular flexibility index (Phi) is 6.11. The van der Waals surface area contributed by atoms with Gasteiger partial charge in [0.15, 0.2) is 17.7 Å². The minimum atomic E-state index is -1.02. The number of halogens is 3. The van der Waals surface area contributed by atoms with Gasteiger partial charge in [-0.2, -0.15) is 10.4 Å². The Bertz CT molecular complexity index is 1460. The SMILES string of the molecule is COc1cc2[nH]nc(-c3cc(F)c(N4CCC4)c(C#N)c3)c2cc1O[C@H](N)c1c(Cl)cncc1Cl. The first-order chi connectivity index (χ1) is 16.9. The van der Waals surface area contributed by atoms with E-state index in [1.165, 1.54) is 25.6 Å². The molecule has 1 fully saturated rings. The maximum absolute atomic E-state index is 15.1. The summed E-state index contributed by atoms with van der Waals surface area (Å²) in [5.74, 6) is 0.225. The van der Waals surface area contributed by atoms with Crippen LogP contribution in [0.2, 0.25) is 10.0 Å². The molecule has 1 atom stereocenters.